The van der Waals surface area contributed by atoms with Gasteiger partial charge in [-0.3, -0.25) is 0 Å². The molecule has 3 rings (SSSR count). The minimum atomic E-state index is 0.159. The fraction of sp³-hybridized carbons (Fsp3) is 0.385. The van der Waals surface area contributed by atoms with Gasteiger partial charge in [-0.25, -0.2) is 0 Å². The minimum Gasteiger partial charge on any atom is -0.507 e. The zero-order chi connectivity index (χ0) is 12.4. The summed E-state index contributed by atoms with van der Waals surface area (Å²) in [7, 11) is 0. The van der Waals surface area contributed by atoms with Crippen molar-refractivity contribution in [3.63, 3.8) is 0 Å². The van der Waals surface area contributed by atoms with Crippen LogP contribution >= 0.6 is 0 Å². The summed E-state index contributed by atoms with van der Waals surface area (Å²) in [5.74, 6) is 1.15. The molecule has 0 radical (unpaired) electrons. The van der Waals surface area contributed by atoms with E-state index in [0.717, 1.165) is 13.1 Å². The topological polar surface area (TPSA) is 62.4 Å². The van der Waals surface area contributed by atoms with Crippen LogP contribution in [-0.4, -0.2) is 28.3 Å². The first-order valence-electron chi connectivity index (χ1n) is 6.21. The highest BCUT2D eigenvalue weighted by Gasteiger charge is 2.18. The molecule has 1 aromatic carbocycles. The molecule has 0 unspecified atom stereocenters. The fourth-order valence-electron chi connectivity index (χ4n) is 2.20. The zero-order valence-corrected chi connectivity index (χ0v) is 10.0. The molecule has 1 saturated heterocycles. The van der Waals surface area contributed by atoms with E-state index in [1.165, 1.54) is 19.3 Å². The van der Waals surface area contributed by atoms with Gasteiger partial charge in [0.15, 0.2) is 0 Å². The summed E-state index contributed by atoms with van der Waals surface area (Å²) < 4.78 is 5.22. The van der Waals surface area contributed by atoms with E-state index in [9.17, 15) is 5.11 Å². The van der Waals surface area contributed by atoms with Crippen LogP contribution in [-0.2, 0) is 0 Å². The van der Waals surface area contributed by atoms with Crippen molar-refractivity contribution in [2.75, 3.05) is 18.0 Å². The molecule has 0 amide bonds. The Labute approximate surface area is 105 Å². The maximum atomic E-state index is 9.74. The van der Waals surface area contributed by atoms with E-state index in [4.69, 9.17) is 4.52 Å². The summed E-state index contributed by atoms with van der Waals surface area (Å²) in [6, 6.07) is 6.98. The van der Waals surface area contributed by atoms with Crippen molar-refractivity contribution in [1.82, 2.24) is 10.1 Å². The molecule has 94 valence electrons. The summed E-state index contributed by atoms with van der Waals surface area (Å²) in [4.78, 5) is 6.47. The van der Waals surface area contributed by atoms with Gasteiger partial charge in [-0.15, -0.1) is 0 Å². The molecule has 5 nitrogen and oxygen atoms in total. The third-order valence-electron chi connectivity index (χ3n) is 3.19. The average Bonchev–Trinajstić information content (AvgIpc) is 2.90. The van der Waals surface area contributed by atoms with Crippen LogP contribution in [0.3, 0.4) is 0 Å². The fourth-order valence-corrected chi connectivity index (χ4v) is 2.20. The average molecular weight is 245 g/mol. The van der Waals surface area contributed by atoms with Crippen LogP contribution in [0.1, 0.15) is 19.3 Å². The molecule has 0 atom stereocenters. The summed E-state index contributed by atoms with van der Waals surface area (Å²) >= 11 is 0. The normalized spacial score (nSPS) is 15.9. The first-order chi connectivity index (χ1) is 8.84. The highest BCUT2D eigenvalue weighted by atomic mass is 16.5. The molecule has 18 heavy (non-hydrogen) atoms. The molecule has 2 aromatic rings. The molecule has 1 fully saturated rings. The second kappa shape index (κ2) is 4.68. The van der Waals surface area contributed by atoms with Crippen molar-refractivity contribution in [3.8, 4) is 17.2 Å². The molecular formula is C13H15N3O2. The van der Waals surface area contributed by atoms with Gasteiger partial charge in [0.1, 0.15) is 5.75 Å². The first-order valence-corrected chi connectivity index (χ1v) is 6.21. The van der Waals surface area contributed by atoms with Gasteiger partial charge in [0, 0.05) is 13.1 Å². The minimum absolute atomic E-state index is 0.159. The number of piperidine rings is 1. The molecular weight excluding hydrogens is 230 g/mol. The van der Waals surface area contributed by atoms with E-state index < -0.39 is 0 Å². The number of phenols is 1. The molecule has 1 aromatic heterocycles. The Morgan fingerprint density at radius 1 is 1.11 bits per heavy atom. The lowest BCUT2D eigenvalue weighted by atomic mass is 10.1. The van der Waals surface area contributed by atoms with Gasteiger partial charge < -0.3 is 14.5 Å². The third kappa shape index (κ3) is 2.03. The molecule has 0 spiro atoms. The van der Waals surface area contributed by atoms with Crippen molar-refractivity contribution in [3.05, 3.63) is 24.3 Å². The molecule has 1 aliphatic heterocycles. The molecule has 2 heterocycles. The number of nitrogens with zero attached hydrogens (tertiary/aromatic N) is 3. The Hall–Kier alpha value is -2.04. The number of benzene rings is 1. The second-order valence-electron chi connectivity index (χ2n) is 4.46. The lowest BCUT2D eigenvalue weighted by Crippen LogP contribution is -2.30. The van der Waals surface area contributed by atoms with Gasteiger partial charge in [0.2, 0.25) is 0 Å². The predicted molar refractivity (Wildman–Crippen MR) is 67.5 cm³/mol. The van der Waals surface area contributed by atoms with Crippen LogP contribution in [0, 0.1) is 0 Å². The second-order valence-corrected chi connectivity index (χ2v) is 4.46. The summed E-state index contributed by atoms with van der Waals surface area (Å²) in [5, 5.41) is 13.7. The number of aromatic hydroxyl groups is 1. The smallest absolute Gasteiger partial charge is 0.266 e. The Bertz CT molecular complexity index is 533. The highest BCUT2D eigenvalue weighted by molar-refractivity contribution is 5.62. The lowest BCUT2D eigenvalue weighted by Gasteiger charge is -2.24. The van der Waals surface area contributed by atoms with Crippen molar-refractivity contribution >= 4 is 5.95 Å². The van der Waals surface area contributed by atoms with Crippen molar-refractivity contribution in [1.29, 1.82) is 0 Å². The van der Waals surface area contributed by atoms with Crippen LogP contribution in [0.2, 0.25) is 0 Å². The molecule has 0 saturated carbocycles. The quantitative estimate of drug-likeness (QED) is 0.880. The monoisotopic (exact) mass is 245 g/mol. The number of phenolic OH excluding ortho intramolecular Hbond substituents is 1. The summed E-state index contributed by atoms with van der Waals surface area (Å²) in [6.45, 7) is 1.94. The van der Waals surface area contributed by atoms with Crippen LogP contribution in [0.5, 0.6) is 5.75 Å². The number of para-hydroxylation sites is 1. The van der Waals surface area contributed by atoms with E-state index in [2.05, 4.69) is 15.0 Å². The van der Waals surface area contributed by atoms with Crippen molar-refractivity contribution < 1.29 is 9.63 Å². The Morgan fingerprint density at radius 2 is 1.89 bits per heavy atom. The number of hydrogen-bond donors (Lipinski definition) is 1. The van der Waals surface area contributed by atoms with E-state index >= 15 is 0 Å². The Balaban J connectivity index is 1.87. The van der Waals surface area contributed by atoms with Gasteiger partial charge in [-0.05, 0) is 36.6 Å². The van der Waals surface area contributed by atoms with Crippen molar-refractivity contribution in [2.45, 2.75) is 19.3 Å². The molecule has 0 bridgehead atoms. The maximum absolute atomic E-state index is 9.74. The predicted octanol–water partition coefficient (Wildman–Crippen LogP) is 2.43. The SMILES string of the molecule is Oc1ccccc1-c1nc(N2CCCCC2)no1. The van der Waals surface area contributed by atoms with Gasteiger partial charge in [0.25, 0.3) is 11.8 Å². The van der Waals surface area contributed by atoms with Crippen LogP contribution in [0.25, 0.3) is 11.5 Å². The largest absolute Gasteiger partial charge is 0.507 e. The van der Waals surface area contributed by atoms with Crippen molar-refractivity contribution in [2.24, 2.45) is 0 Å². The highest BCUT2D eigenvalue weighted by Crippen LogP contribution is 2.28. The standard InChI is InChI=1S/C13H15N3O2/c17-11-7-3-2-6-10(11)12-14-13(15-18-12)16-8-4-1-5-9-16/h2-3,6-7,17H,1,4-5,8-9H2. The van der Waals surface area contributed by atoms with E-state index in [0.29, 0.717) is 17.4 Å². The number of aromatic nitrogens is 2. The summed E-state index contributed by atoms with van der Waals surface area (Å²) in [6.07, 6.45) is 3.60. The van der Waals surface area contributed by atoms with E-state index in [1.54, 1.807) is 18.2 Å². The van der Waals surface area contributed by atoms with E-state index in [-0.39, 0.29) is 5.75 Å². The Kier molecular flexibility index (Phi) is 2.88. The van der Waals surface area contributed by atoms with Crippen LogP contribution in [0.15, 0.2) is 28.8 Å². The van der Waals surface area contributed by atoms with E-state index in [1.807, 2.05) is 6.07 Å². The molecule has 1 N–H and O–H groups in total. The maximum Gasteiger partial charge on any atom is 0.266 e. The summed E-state index contributed by atoms with van der Waals surface area (Å²) in [5.41, 5.74) is 0.577. The number of anilines is 1. The Morgan fingerprint density at radius 3 is 2.67 bits per heavy atom. The molecule has 0 aliphatic carbocycles. The van der Waals surface area contributed by atoms with Crippen LogP contribution in [0.4, 0.5) is 5.95 Å². The number of hydrogen-bond acceptors (Lipinski definition) is 5. The van der Waals surface area contributed by atoms with Gasteiger partial charge in [-0.1, -0.05) is 12.1 Å². The zero-order valence-electron chi connectivity index (χ0n) is 10.0. The molecule has 5 heteroatoms. The third-order valence-corrected chi connectivity index (χ3v) is 3.19. The molecule has 1 aliphatic rings. The first kappa shape index (κ1) is 11.1. The van der Waals surface area contributed by atoms with Crippen LogP contribution < -0.4 is 4.90 Å². The van der Waals surface area contributed by atoms with Gasteiger partial charge in [-0.2, -0.15) is 4.98 Å². The lowest BCUT2D eigenvalue weighted by molar-refractivity contribution is 0.421. The van der Waals surface area contributed by atoms with Gasteiger partial charge >= 0.3 is 0 Å². The van der Waals surface area contributed by atoms with Gasteiger partial charge in [0.05, 0.1) is 5.56 Å². The number of rotatable bonds is 2.